The summed E-state index contributed by atoms with van der Waals surface area (Å²) in [6, 6.07) is 19.0. The summed E-state index contributed by atoms with van der Waals surface area (Å²) in [4.78, 5) is 0. The van der Waals surface area contributed by atoms with E-state index in [0.717, 1.165) is 16.6 Å². The minimum absolute atomic E-state index is 1.08. The molecule has 2 heteroatoms. The molecule has 3 aromatic rings. The summed E-state index contributed by atoms with van der Waals surface area (Å²) in [5.74, 6) is 0. The maximum atomic E-state index is 4.36. The third-order valence-corrected chi connectivity index (χ3v) is 2.42. The highest BCUT2D eigenvalue weighted by Crippen LogP contribution is 2.16. The average Bonchev–Trinajstić information content (AvgIpc) is 2.74. The lowest BCUT2D eigenvalue weighted by Crippen LogP contribution is -1.94. The van der Waals surface area contributed by atoms with Crippen LogP contribution in [-0.2, 0) is 0 Å². The number of para-hydroxylation sites is 1. The van der Waals surface area contributed by atoms with Crippen LogP contribution in [0.15, 0.2) is 54.7 Å². The van der Waals surface area contributed by atoms with Crippen molar-refractivity contribution in [2.75, 3.05) is 0 Å². The molecule has 0 atom stereocenters. The Balaban J connectivity index is 2.28. The molecule has 71 valence electrons. The van der Waals surface area contributed by atoms with Gasteiger partial charge in [-0.3, -0.25) is 0 Å². The predicted molar refractivity (Wildman–Crippen MR) is 59.9 cm³/mol. The van der Waals surface area contributed by atoms with E-state index in [2.05, 4.69) is 11.2 Å². The van der Waals surface area contributed by atoms with E-state index in [1.54, 1.807) is 0 Å². The molecule has 15 heavy (non-hydrogen) atoms. The minimum atomic E-state index is 1.08. The Kier molecular flexibility index (Phi) is 1.78. The smallest absolute Gasteiger partial charge is 0.0747 e. The Morgan fingerprint density at radius 1 is 1.07 bits per heavy atom. The molecule has 0 saturated carbocycles. The molecule has 0 bridgehead atoms. The molecule has 0 aliphatic carbocycles. The fourth-order valence-electron chi connectivity index (χ4n) is 1.68. The van der Waals surface area contributed by atoms with Crippen LogP contribution in [0.4, 0.5) is 0 Å². The molecule has 0 amide bonds. The van der Waals surface area contributed by atoms with Gasteiger partial charge in [-0.25, -0.2) is 4.68 Å². The van der Waals surface area contributed by atoms with Crippen LogP contribution < -0.4 is 0 Å². The van der Waals surface area contributed by atoms with Crippen molar-refractivity contribution in [1.82, 2.24) is 9.78 Å². The average molecular weight is 193 g/mol. The number of hydrogen-bond donors (Lipinski definition) is 0. The summed E-state index contributed by atoms with van der Waals surface area (Å²) in [5, 5.41) is 5.50. The second kappa shape index (κ2) is 3.24. The largest absolute Gasteiger partial charge is 0.233 e. The van der Waals surface area contributed by atoms with E-state index in [1.165, 1.54) is 0 Å². The van der Waals surface area contributed by atoms with Crippen molar-refractivity contribution in [2.24, 2.45) is 0 Å². The quantitative estimate of drug-likeness (QED) is 0.581. The summed E-state index contributed by atoms with van der Waals surface area (Å²) in [5.41, 5.74) is 2.16. The van der Waals surface area contributed by atoms with Crippen LogP contribution in [0, 0.1) is 6.07 Å². The molecule has 1 heterocycles. The normalized spacial score (nSPS) is 10.7. The van der Waals surface area contributed by atoms with Gasteiger partial charge in [-0.05, 0) is 24.3 Å². The second-order valence-corrected chi connectivity index (χ2v) is 3.38. The van der Waals surface area contributed by atoms with Crippen molar-refractivity contribution in [2.45, 2.75) is 0 Å². The Bertz CT molecular complexity index is 582. The van der Waals surface area contributed by atoms with Gasteiger partial charge >= 0.3 is 0 Å². The first-order chi connectivity index (χ1) is 7.45. The summed E-state index contributed by atoms with van der Waals surface area (Å²) < 4.78 is 1.92. The summed E-state index contributed by atoms with van der Waals surface area (Å²) >= 11 is 0. The Labute approximate surface area is 87.8 Å². The Hall–Kier alpha value is -2.09. The highest BCUT2D eigenvalue weighted by Gasteiger charge is 2.02. The van der Waals surface area contributed by atoms with Gasteiger partial charge in [-0.15, -0.1) is 0 Å². The first kappa shape index (κ1) is 8.24. The maximum Gasteiger partial charge on any atom is 0.0747 e. The van der Waals surface area contributed by atoms with Gasteiger partial charge in [0, 0.05) is 5.39 Å². The fourth-order valence-corrected chi connectivity index (χ4v) is 1.68. The van der Waals surface area contributed by atoms with Crippen LogP contribution in [0.1, 0.15) is 0 Å². The van der Waals surface area contributed by atoms with Crippen LogP contribution in [-0.4, -0.2) is 9.78 Å². The van der Waals surface area contributed by atoms with Gasteiger partial charge in [-0.1, -0.05) is 30.3 Å². The highest BCUT2D eigenvalue weighted by atomic mass is 15.3. The van der Waals surface area contributed by atoms with Crippen molar-refractivity contribution >= 4 is 10.9 Å². The van der Waals surface area contributed by atoms with Gasteiger partial charge in [0.25, 0.3) is 0 Å². The van der Waals surface area contributed by atoms with E-state index < -0.39 is 0 Å². The van der Waals surface area contributed by atoms with E-state index >= 15 is 0 Å². The molecular weight excluding hydrogens is 184 g/mol. The zero-order valence-electron chi connectivity index (χ0n) is 8.09. The molecule has 2 nitrogen and oxygen atoms in total. The van der Waals surface area contributed by atoms with Gasteiger partial charge in [0.15, 0.2) is 0 Å². The zero-order valence-corrected chi connectivity index (χ0v) is 8.09. The third-order valence-electron chi connectivity index (χ3n) is 2.42. The van der Waals surface area contributed by atoms with Crippen molar-refractivity contribution in [3.05, 3.63) is 60.8 Å². The molecule has 0 spiro atoms. The van der Waals surface area contributed by atoms with Crippen molar-refractivity contribution in [3.8, 4) is 5.69 Å². The van der Waals surface area contributed by atoms with Gasteiger partial charge in [0.05, 0.1) is 17.4 Å². The van der Waals surface area contributed by atoms with E-state index in [1.807, 2.05) is 59.4 Å². The number of rotatable bonds is 1. The predicted octanol–water partition coefficient (Wildman–Crippen LogP) is 2.83. The lowest BCUT2D eigenvalue weighted by molar-refractivity contribution is 0.911. The van der Waals surface area contributed by atoms with Crippen LogP contribution in [0.25, 0.3) is 16.6 Å². The fraction of sp³-hybridized carbons (Fsp3) is 0. The number of benzene rings is 2. The number of fused-ring (bicyclic) bond motifs is 1. The van der Waals surface area contributed by atoms with E-state index in [-0.39, 0.29) is 0 Å². The molecule has 0 saturated heterocycles. The standard InChI is InChI=1S/C13H9N2/c1-2-7-12(8-3-1)15-13-9-5-4-6-11(13)10-14-15/h1-4,6-10H. The van der Waals surface area contributed by atoms with Gasteiger partial charge < -0.3 is 0 Å². The highest BCUT2D eigenvalue weighted by molar-refractivity contribution is 5.79. The molecule has 0 fully saturated rings. The first-order valence-electron chi connectivity index (χ1n) is 4.84. The molecular formula is C13H9N2. The number of aromatic nitrogens is 2. The molecule has 0 N–H and O–H groups in total. The molecule has 0 aliphatic rings. The van der Waals surface area contributed by atoms with E-state index in [0.29, 0.717) is 0 Å². The number of hydrogen-bond acceptors (Lipinski definition) is 1. The third kappa shape index (κ3) is 1.31. The van der Waals surface area contributed by atoms with Crippen LogP contribution >= 0.6 is 0 Å². The van der Waals surface area contributed by atoms with Crippen molar-refractivity contribution in [1.29, 1.82) is 0 Å². The lowest BCUT2D eigenvalue weighted by atomic mass is 10.2. The van der Waals surface area contributed by atoms with Crippen molar-refractivity contribution in [3.63, 3.8) is 0 Å². The summed E-state index contributed by atoms with van der Waals surface area (Å²) in [7, 11) is 0. The van der Waals surface area contributed by atoms with Crippen LogP contribution in [0.2, 0.25) is 0 Å². The lowest BCUT2D eigenvalue weighted by Gasteiger charge is -2.01. The Morgan fingerprint density at radius 3 is 2.80 bits per heavy atom. The molecule has 1 aromatic heterocycles. The SMILES string of the molecule is [c]1ccc2cnn(-c3ccccc3)c2c1. The molecule has 1 radical (unpaired) electrons. The Morgan fingerprint density at radius 2 is 1.93 bits per heavy atom. The molecule has 2 aromatic carbocycles. The van der Waals surface area contributed by atoms with E-state index in [9.17, 15) is 0 Å². The second-order valence-electron chi connectivity index (χ2n) is 3.38. The maximum absolute atomic E-state index is 4.36. The monoisotopic (exact) mass is 193 g/mol. The number of nitrogens with zero attached hydrogens (tertiary/aromatic N) is 2. The van der Waals surface area contributed by atoms with Crippen molar-refractivity contribution < 1.29 is 0 Å². The van der Waals surface area contributed by atoms with Crippen LogP contribution in [0.5, 0.6) is 0 Å². The molecule has 3 rings (SSSR count). The molecule has 0 unspecified atom stereocenters. The summed E-state index contributed by atoms with van der Waals surface area (Å²) in [6.45, 7) is 0. The summed E-state index contributed by atoms with van der Waals surface area (Å²) in [6.07, 6.45) is 1.87. The first-order valence-corrected chi connectivity index (χ1v) is 4.84. The molecule has 0 aliphatic heterocycles. The van der Waals surface area contributed by atoms with Gasteiger partial charge in [0.2, 0.25) is 0 Å². The van der Waals surface area contributed by atoms with Gasteiger partial charge in [-0.2, -0.15) is 5.10 Å². The minimum Gasteiger partial charge on any atom is -0.233 e. The van der Waals surface area contributed by atoms with Crippen LogP contribution in [0.3, 0.4) is 0 Å². The van der Waals surface area contributed by atoms with E-state index in [4.69, 9.17) is 0 Å². The zero-order chi connectivity index (χ0) is 10.1. The van der Waals surface area contributed by atoms with Gasteiger partial charge in [0.1, 0.15) is 0 Å². The topological polar surface area (TPSA) is 17.8 Å².